The maximum Gasteiger partial charge on any atom is 0.138 e. The van der Waals surface area contributed by atoms with Gasteiger partial charge >= 0.3 is 0 Å². The Hall–Kier alpha value is -1.56. The van der Waals surface area contributed by atoms with Crippen LogP contribution in [-0.4, -0.2) is 18.7 Å². The second-order valence-corrected chi connectivity index (χ2v) is 5.66. The first kappa shape index (κ1) is 13.4. The summed E-state index contributed by atoms with van der Waals surface area (Å²) < 4.78 is 12.3. The SMILES string of the molecule is CCOc1c2ccc([125I])cc2nc2ccc(OC)cc12. The molecule has 4 heteroatoms. The van der Waals surface area contributed by atoms with Crippen LogP contribution in [0.2, 0.25) is 0 Å². The molecule has 102 valence electrons. The summed E-state index contributed by atoms with van der Waals surface area (Å²) in [5.41, 5.74) is 1.88. The summed E-state index contributed by atoms with van der Waals surface area (Å²) in [6.07, 6.45) is 0. The van der Waals surface area contributed by atoms with Gasteiger partial charge in [-0.3, -0.25) is 0 Å². The summed E-state index contributed by atoms with van der Waals surface area (Å²) in [5, 5.41) is 2.02. The largest absolute Gasteiger partial charge is 0.497 e. The fourth-order valence-electron chi connectivity index (χ4n) is 2.29. The minimum atomic E-state index is 0.622. The fourth-order valence-corrected chi connectivity index (χ4v) is 2.76. The number of rotatable bonds is 3. The van der Waals surface area contributed by atoms with E-state index in [4.69, 9.17) is 14.5 Å². The van der Waals surface area contributed by atoms with Crippen LogP contribution in [-0.2, 0) is 0 Å². The van der Waals surface area contributed by atoms with E-state index in [0.717, 1.165) is 36.9 Å². The van der Waals surface area contributed by atoms with Crippen LogP contribution < -0.4 is 9.47 Å². The Kier molecular flexibility index (Phi) is 3.65. The number of pyridine rings is 1. The number of aromatic nitrogens is 1. The quantitative estimate of drug-likeness (QED) is 0.501. The van der Waals surface area contributed by atoms with Gasteiger partial charge in [-0.1, -0.05) is 0 Å². The highest BCUT2D eigenvalue weighted by molar-refractivity contribution is 14.1. The fraction of sp³-hybridized carbons (Fsp3) is 0.188. The van der Waals surface area contributed by atoms with Crippen molar-refractivity contribution in [3.05, 3.63) is 40.0 Å². The van der Waals surface area contributed by atoms with Gasteiger partial charge in [0.15, 0.2) is 0 Å². The third kappa shape index (κ3) is 2.28. The van der Waals surface area contributed by atoms with Gasteiger partial charge in [-0.25, -0.2) is 4.98 Å². The molecule has 0 spiro atoms. The van der Waals surface area contributed by atoms with Crippen molar-refractivity contribution in [2.45, 2.75) is 6.92 Å². The minimum absolute atomic E-state index is 0.622. The number of hydrogen-bond acceptors (Lipinski definition) is 3. The lowest BCUT2D eigenvalue weighted by Crippen LogP contribution is -1.96. The summed E-state index contributed by atoms with van der Waals surface area (Å²) in [6, 6.07) is 12.1. The average molecular weight is 377 g/mol. The number of benzene rings is 2. The van der Waals surface area contributed by atoms with Crippen molar-refractivity contribution in [3.63, 3.8) is 0 Å². The maximum absolute atomic E-state index is 5.87. The van der Waals surface area contributed by atoms with Crippen LogP contribution >= 0.6 is 22.6 Å². The Labute approximate surface area is 131 Å². The molecule has 1 aromatic heterocycles. The van der Waals surface area contributed by atoms with Gasteiger partial charge in [0, 0.05) is 14.3 Å². The molecule has 3 rings (SSSR count). The first-order valence-electron chi connectivity index (χ1n) is 6.42. The van der Waals surface area contributed by atoms with Crippen molar-refractivity contribution in [2.75, 3.05) is 13.7 Å². The lowest BCUT2D eigenvalue weighted by atomic mass is 10.1. The van der Waals surface area contributed by atoms with Crippen LogP contribution in [0.3, 0.4) is 0 Å². The predicted molar refractivity (Wildman–Crippen MR) is 89.7 cm³/mol. The molecular formula is C16H14INO2. The normalized spacial score (nSPS) is 10.9. The van der Waals surface area contributed by atoms with E-state index in [0.29, 0.717) is 6.61 Å². The summed E-state index contributed by atoms with van der Waals surface area (Å²) >= 11 is 2.30. The van der Waals surface area contributed by atoms with Gasteiger partial charge < -0.3 is 9.47 Å². The van der Waals surface area contributed by atoms with E-state index in [1.165, 1.54) is 0 Å². The third-order valence-corrected chi connectivity index (χ3v) is 3.85. The highest BCUT2D eigenvalue weighted by Gasteiger charge is 2.11. The van der Waals surface area contributed by atoms with Crippen molar-refractivity contribution in [2.24, 2.45) is 0 Å². The Morgan fingerprint density at radius 1 is 1.05 bits per heavy atom. The molecule has 1 heterocycles. The van der Waals surface area contributed by atoms with Gasteiger partial charge in [0.2, 0.25) is 0 Å². The molecule has 3 nitrogen and oxygen atoms in total. The van der Waals surface area contributed by atoms with Crippen molar-refractivity contribution in [3.8, 4) is 11.5 Å². The van der Waals surface area contributed by atoms with Gasteiger partial charge in [-0.15, -0.1) is 0 Å². The van der Waals surface area contributed by atoms with Crippen LogP contribution in [0, 0.1) is 3.57 Å². The van der Waals surface area contributed by atoms with Crippen LogP contribution in [0.1, 0.15) is 6.92 Å². The van der Waals surface area contributed by atoms with Gasteiger partial charge in [0.05, 0.1) is 24.8 Å². The smallest absolute Gasteiger partial charge is 0.138 e. The molecule has 20 heavy (non-hydrogen) atoms. The molecule has 0 saturated heterocycles. The van der Waals surface area contributed by atoms with Crippen LogP contribution in [0.15, 0.2) is 36.4 Å². The zero-order valence-corrected chi connectivity index (χ0v) is 13.5. The maximum atomic E-state index is 5.87. The molecule has 0 fully saturated rings. The Morgan fingerprint density at radius 3 is 2.65 bits per heavy atom. The van der Waals surface area contributed by atoms with Crippen molar-refractivity contribution in [1.29, 1.82) is 0 Å². The van der Waals surface area contributed by atoms with E-state index in [9.17, 15) is 0 Å². The molecular weight excluding hydrogens is 363 g/mol. The molecule has 0 atom stereocenters. The minimum Gasteiger partial charge on any atom is -0.497 e. The predicted octanol–water partition coefficient (Wildman–Crippen LogP) is 4.40. The summed E-state index contributed by atoms with van der Waals surface area (Å²) in [5.74, 6) is 1.69. The first-order valence-corrected chi connectivity index (χ1v) is 7.50. The molecule has 0 aliphatic heterocycles. The number of hydrogen-bond donors (Lipinski definition) is 0. The van der Waals surface area contributed by atoms with E-state index in [1.54, 1.807) is 7.11 Å². The van der Waals surface area contributed by atoms with E-state index < -0.39 is 0 Å². The van der Waals surface area contributed by atoms with Crippen LogP contribution in [0.25, 0.3) is 21.8 Å². The Balaban J connectivity index is 2.41. The molecule has 0 radical (unpaired) electrons. The molecule has 0 aliphatic rings. The van der Waals surface area contributed by atoms with Gasteiger partial charge in [0.25, 0.3) is 0 Å². The number of fused-ring (bicyclic) bond motifs is 2. The van der Waals surface area contributed by atoms with Gasteiger partial charge in [-0.05, 0) is 65.9 Å². The molecule has 0 amide bonds. The second kappa shape index (κ2) is 5.44. The Bertz CT molecular complexity index is 786. The number of halogens is 1. The lowest BCUT2D eigenvalue weighted by molar-refractivity contribution is 0.348. The highest BCUT2D eigenvalue weighted by Crippen LogP contribution is 2.35. The molecule has 0 aliphatic carbocycles. The summed E-state index contributed by atoms with van der Waals surface area (Å²) in [7, 11) is 1.67. The van der Waals surface area contributed by atoms with E-state index >= 15 is 0 Å². The number of ether oxygens (including phenoxy) is 2. The second-order valence-electron chi connectivity index (χ2n) is 4.42. The molecule has 2 aromatic carbocycles. The van der Waals surface area contributed by atoms with Gasteiger partial charge in [-0.2, -0.15) is 0 Å². The summed E-state index contributed by atoms with van der Waals surface area (Å²) in [4.78, 5) is 4.72. The monoisotopic (exact) mass is 377 g/mol. The zero-order chi connectivity index (χ0) is 14.1. The molecule has 0 unspecified atom stereocenters. The van der Waals surface area contributed by atoms with Crippen LogP contribution in [0.4, 0.5) is 0 Å². The van der Waals surface area contributed by atoms with Crippen molar-refractivity contribution >= 4 is 44.4 Å². The molecule has 3 aromatic rings. The third-order valence-electron chi connectivity index (χ3n) is 3.18. The van der Waals surface area contributed by atoms with E-state index in [1.807, 2.05) is 25.1 Å². The lowest BCUT2D eigenvalue weighted by Gasteiger charge is -2.12. The highest BCUT2D eigenvalue weighted by atomic mass is 125. The first-order chi connectivity index (χ1) is 9.72. The van der Waals surface area contributed by atoms with Crippen molar-refractivity contribution in [1.82, 2.24) is 4.98 Å². The molecule has 0 saturated carbocycles. The average Bonchev–Trinajstić information content (AvgIpc) is 2.46. The standard InChI is InChI=1S/C16H14INO2/c1-3-20-16-12-6-4-10(17)8-15(12)18-14-7-5-11(19-2)9-13(14)16/h4-9H,3H2,1-2H3/i17-2. The van der Waals surface area contributed by atoms with Gasteiger partial charge in [0.1, 0.15) is 11.5 Å². The van der Waals surface area contributed by atoms with E-state index in [-0.39, 0.29) is 0 Å². The summed E-state index contributed by atoms with van der Waals surface area (Å²) in [6.45, 7) is 2.61. The zero-order valence-electron chi connectivity index (χ0n) is 11.3. The Morgan fingerprint density at radius 2 is 1.90 bits per heavy atom. The topological polar surface area (TPSA) is 31.4 Å². The number of nitrogens with zero attached hydrogens (tertiary/aromatic N) is 1. The molecule has 0 N–H and O–H groups in total. The van der Waals surface area contributed by atoms with Crippen molar-refractivity contribution < 1.29 is 9.47 Å². The van der Waals surface area contributed by atoms with Crippen LogP contribution in [0.5, 0.6) is 11.5 Å². The molecule has 0 bridgehead atoms. The number of methoxy groups -OCH3 is 1. The van der Waals surface area contributed by atoms with E-state index in [2.05, 4.69) is 40.8 Å².